The molecule has 0 aliphatic heterocycles. The monoisotopic (exact) mass is 268 g/mol. The topological polar surface area (TPSA) is 98.1 Å². The Morgan fingerprint density at radius 3 is 2.47 bits per heavy atom. The normalized spacial score (nSPS) is 27.6. The van der Waals surface area contributed by atoms with Crippen LogP contribution in [0.4, 0.5) is 0 Å². The standard InChI is InChI=1S/C13H24N4O2/c1-12(2,3)10-4-6-13(7-5-10,11(18)19)15-8-9-16-17-14/h10,15H,4-9H2,1-3H3,(H,18,19). The van der Waals surface area contributed by atoms with Gasteiger partial charge in [-0.2, -0.15) is 0 Å². The zero-order valence-electron chi connectivity index (χ0n) is 12.0. The van der Waals surface area contributed by atoms with Gasteiger partial charge in [-0.15, -0.1) is 0 Å². The van der Waals surface area contributed by atoms with E-state index in [0.29, 0.717) is 25.3 Å². The lowest BCUT2D eigenvalue weighted by Gasteiger charge is -2.42. The molecule has 0 aromatic carbocycles. The second-order valence-corrected chi connectivity index (χ2v) is 6.41. The fraction of sp³-hybridized carbons (Fsp3) is 0.923. The third-order valence-electron chi connectivity index (χ3n) is 4.21. The van der Waals surface area contributed by atoms with Crippen LogP contribution in [-0.4, -0.2) is 29.7 Å². The smallest absolute Gasteiger partial charge is 0.323 e. The Kier molecular flexibility index (Phi) is 5.20. The van der Waals surface area contributed by atoms with Crippen molar-refractivity contribution >= 4 is 5.97 Å². The Balaban J connectivity index is 2.61. The molecule has 0 heterocycles. The van der Waals surface area contributed by atoms with Gasteiger partial charge in [0.25, 0.3) is 0 Å². The molecule has 1 fully saturated rings. The van der Waals surface area contributed by atoms with Crippen molar-refractivity contribution in [2.75, 3.05) is 13.1 Å². The van der Waals surface area contributed by atoms with Gasteiger partial charge in [0, 0.05) is 18.0 Å². The third-order valence-corrected chi connectivity index (χ3v) is 4.21. The summed E-state index contributed by atoms with van der Waals surface area (Å²) in [5.41, 5.74) is 7.61. The molecule has 0 aromatic heterocycles. The fourth-order valence-electron chi connectivity index (χ4n) is 2.83. The van der Waals surface area contributed by atoms with Gasteiger partial charge in [0.05, 0.1) is 0 Å². The maximum atomic E-state index is 11.5. The molecule has 108 valence electrons. The van der Waals surface area contributed by atoms with Gasteiger partial charge in [-0.1, -0.05) is 25.9 Å². The van der Waals surface area contributed by atoms with Gasteiger partial charge in [0.1, 0.15) is 5.54 Å². The van der Waals surface area contributed by atoms with Crippen LogP contribution in [0.2, 0.25) is 0 Å². The highest BCUT2D eigenvalue weighted by Crippen LogP contribution is 2.41. The summed E-state index contributed by atoms with van der Waals surface area (Å²) in [6.07, 6.45) is 3.12. The van der Waals surface area contributed by atoms with E-state index in [9.17, 15) is 9.90 Å². The van der Waals surface area contributed by atoms with Crippen molar-refractivity contribution in [2.45, 2.75) is 52.0 Å². The third kappa shape index (κ3) is 4.11. The number of nitrogens with zero attached hydrogens (tertiary/aromatic N) is 3. The summed E-state index contributed by atoms with van der Waals surface area (Å²) >= 11 is 0. The molecule has 0 bridgehead atoms. The maximum absolute atomic E-state index is 11.5. The zero-order chi connectivity index (χ0) is 14.5. The quantitative estimate of drug-likeness (QED) is 0.347. The van der Waals surface area contributed by atoms with E-state index in [1.807, 2.05) is 0 Å². The molecule has 2 N–H and O–H groups in total. The second-order valence-electron chi connectivity index (χ2n) is 6.41. The van der Waals surface area contributed by atoms with Gasteiger partial charge in [-0.05, 0) is 42.5 Å². The van der Waals surface area contributed by atoms with Gasteiger partial charge >= 0.3 is 5.97 Å². The number of carboxylic acid groups (broad SMARTS) is 1. The molecule has 0 atom stereocenters. The van der Waals surface area contributed by atoms with Crippen molar-refractivity contribution in [1.82, 2.24) is 5.32 Å². The van der Waals surface area contributed by atoms with E-state index in [2.05, 4.69) is 36.1 Å². The van der Waals surface area contributed by atoms with Crippen molar-refractivity contribution < 1.29 is 9.90 Å². The minimum Gasteiger partial charge on any atom is -0.480 e. The number of nitrogens with one attached hydrogen (secondary N) is 1. The van der Waals surface area contributed by atoms with Crippen LogP contribution < -0.4 is 5.32 Å². The van der Waals surface area contributed by atoms with Crippen molar-refractivity contribution in [2.24, 2.45) is 16.4 Å². The van der Waals surface area contributed by atoms with Crippen LogP contribution in [0.15, 0.2) is 5.11 Å². The van der Waals surface area contributed by atoms with E-state index >= 15 is 0 Å². The first-order chi connectivity index (χ1) is 8.82. The predicted octanol–water partition coefficient (Wildman–Crippen LogP) is 2.95. The molecule has 1 rings (SSSR count). The molecule has 0 saturated heterocycles. The molecule has 1 aliphatic carbocycles. The average molecular weight is 268 g/mol. The number of carbonyl (C=O) groups is 1. The highest BCUT2D eigenvalue weighted by atomic mass is 16.4. The summed E-state index contributed by atoms with van der Waals surface area (Å²) < 4.78 is 0. The minimum absolute atomic E-state index is 0.232. The largest absolute Gasteiger partial charge is 0.480 e. The van der Waals surface area contributed by atoms with Crippen LogP contribution in [0, 0.1) is 11.3 Å². The first kappa shape index (κ1) is 15.8. The average Bonchev–Trinajstić information content (AvgIpc) is 2.34. The summed E-state index contributed by atoms with van der Waals surface area (Å²) in [5.74, 6) is -0.222. The lowest BCUT2D eigenvalue weighted by atomic mass is 9.67. The predicted molar refractivity (Wildman–Crippen MR) is 73.8 cm³/mol. The number of hydrogen-bond donors (Lipinski definition) is 2. The highest BCUT2D eigenvalue weighted by Gasteiger charge is 2.43. The van der Waals surface area contributed by atoms with E-state index in [0.717, 1.165) is 12.8 Å². The van der Waals surface area contributed by atoms with Gasteiger partial charge in [0.2, 0.25) is 0 Å². The number of rotatable bonds is 5. The van der Waals surface area contributed by atoms with E-state index in [1.165, 1.54) is 0 Å². The maximum Gasteiger partial charge on any atom is 0.323 e. The lowest BCUT2D eigenvalue weighted by Crippen LogP contribution is -2.55. The number of aliphatic carboxylic acids is 1. The van der Waals surface area contributed by atoms with E-state index in [4.69, 9.17) is 5.53 Å². The molecule has 1 aliphatic rings. The van der Waals surface area contributed by atoms with Gasteiger partial charge in [-0.25, -0.2) is 0 Å². The summed E-state index contributed by atoms with van der Waals surface area (Å²) in [4.78, 5) is 14.2. The highest BCUT2D eigenvalue weighted by molar-refractivity contribution is 5.78. The van der Waals surface area contributed by atoms with Crippen LogP contribution >= 0.6 is 0 Å². The van der Waals surface area contributed by atoms with Crippen LogP contribution in [0.5, 0.6) is 0 Å². The van der Waals surface area contributed by atoms with E-state index < -0.39 is 11.5 Å². The molecular weight excluding hydrogens is 244 g/mol. The Hall–Kier alpha value is -1.26. The van der Waals surface area contributed by atoms with Crippen LogP contribution in [0.3, 0.4) is 0 Å². The SMILES string of the molecule is CC(C)(C)C1CCC(NCCN=[N+]=[N-])(C(=O)O)CC1. The van der Waals surface area contributed by atoms with Crippen molar-refractivity contribution in [3.63, 3.8) is 0 Å². The Morgan fingerprint density at radius 1 is 1.47 bits per heavy atom. The summed E-state index contributed by atoms with van der Waals surface area (Å²) in [6, 6.07) is 0. The summed E-state index contributed by atoms with van der Waals surface area (Å²) in [6.45, 7) is 7.33. The Bertz CT molecular complexity index is 361. The number of carboxylic acids is 1. The zero-order valence-corrected chi connectivity index (χ0v) is 12.0. The Morgan fingerprint density at radius 2 is 2.05 bits per heavy atom. The van der Waals surface area contributed by atoms with Crippen molar-refractivity contribution in [1.29, 1.82) is 0 Å². The first-order valence-corrected chi connectivity index (χ1v) is 6.81. The molecule has 0 aromatic rings. The second kappa shape index (κ2) is 6.26. The van der Waals surface area contributed by atoms with Gasteiger partial charge in [0.15, 0.2) is 0 Å². The van der Waals surface area contributed by atoms with E-state index in [1.54, 1.807) is 0 Å². The van der Waals surface area contributed by atoms with Gasteiger partial charge < -0.3 is 10.4 Å². The number of hydrogen-bond acceptors (Lipinski definition) is 3. The van der Waals surface area contributed by atoms with Crippen LogP contribution in [0.25, 0.3) is 10.4 Å². The minimum atomic E-state index is -0.841. The van der Waals surface area contributed by atoms with Crippen molar-refractivity contribution in [3.05, 3.63) is 10.4 Å². The first-order valence-electron chi connectivity index (χ1n) is 6.81. The number of azide groups is 1. The molecule has 0 spiro atoms. The van der Waals surface area contributed by atoms with Crippen molar-refractivity contribution in [3.8, 4) is 0 Å². The van der Waals surface area contributed by atoms with Gasteiger partial charge in [-0.3, -0.25) is 4.79 Å². The van der Waals surface area contributed by atoms with E-state index in [-0.39, 0.29) is 12.0 Å². The molecule has 0 radical (unpaired) electrons. The Labute approximate surface area is 114 Å². The fourth-order valence-corrected chi connectivity index (χ4v) is 2.83. The molecule has 19 heavy (non-hydrogen) atoms. The molecule has 0 unspecified atom stereocenters. The summed E-state index contributed by atoms with van der Waals surface area (Å²) in [5, 5.41) is 16.0. The van der Waals surface area contributed by atoms with Crippen LogP contribution in [0.1, 0.15) is 46.5 Å². The molecule has 1 saturated carbocycles. The molecule has 0 amide bonds. The molecule has 6 nitrogen and oxygen atoms in total. The summed E-state index contributed by atoms with van der Waals surface area (Å²) in [7, 11) is 0. The molecular formula is C13H24N4O2. The molecule has 6 heteroatoms. The van der Waals surface area contributed by atoms with Crippen LogP contribution in [-0.2, 0) is 4.79 Å². The lowest BCUT2D eigenvalue weighted by molar-refractivity contribution is -0.147.